The Hall–Kier alpha value is -3.30. The number of anilines is 1. The minimum atomic E-state index is -0.878. The molecule has 3 amide bonds. The monoisotopic (exact) mass is 466 g/mol. The van der Waals surface area contributed by atoms with Gasteiger partial charge in [0.05, 0.1) is 24.0 Å². The number of carbonyl (C=O) groups excluding carboxylic acids is 3. The highest BCUT2D eigenvalue weighted by atomic mass is 35.5. The zero-order valence-corrected chi connectivity index (χ0v) is 18.2. The van der Waals surface area contributed by atoms with Gasteiger partial charge in [-0.2, -0.15) is 5.10 Å². The Kier molecular flexibility index (Phi) is 9.11. The molecule has 3 N–H and O–H groups in total. The molecule has 0 aromatic heterocycles. The molecule has 164 valence electrons. The summed E-state index contributed by atoms with van der Waals surface area (Å²) < 4.78 is 10.8. The van der Waals surface area contributed by atoms with Crippen molar-refractivity contribution >= 4 is 52.8 Å². The number of nitrogens with one attached hydrogen (secondary N) is 3. The number of hydrogen-bond acceptors (Lipinski definition) is 6. The van der Waals surface area contributed by atoms with Crippen molar-refractivity contribution in [2.45, 2.75) is 6.92 Å². The van der Waals surface area contributed by atoms with E-state index in [1.54, 1.807) is 37.3 Å². The first-order valence-electron chi connectivity index (χ1n) is 9.01. The van der Waals surface area contributed by atoms with E-state index in [0.717, 1.165) is 0 Å². The number of methoxy groups -OCH3 is 1. The molecule has 11 heteroatoms. The highest BCUT2D eigenvalue weighted by Gasteiger charge is 2.12. The van der Waals surface area contributed by atoms with Crippen LogP contribution in [0.2, 0.25) is 10.0 Å². The fourth-order valence-electron chi connectivity index (χ4n) is 2.26. The summed E-state index contributed by atoms with van der Waals surface area (Å²) in [6.45, 7) is 1.74. The minimum absolute atomic E-state index is 0.286. The van der Waals surface area contributed by atoms with Crippen molar-refractivity contribution in [3.05, 3.63) is 52.0 Å². The number of amides is 3. The lowest BCUT2D eigenvalue weighted by molar-refractivity contribution is -0.139. The van der Waals surface area contributed by atoms with Crippen LogP contribution in [0.1, 0.15) is 12.5 Å². The van der Waals surface area contributed by atoms with Crippen LogP contribution in [0.4, 0.5) is 5.69 Å². The third-order valence-corrected chi connectivity index (χ3v) is 4.22. The van der Waals surface area contributed by atoms with E-state index in [4.69, 9.17) is 32.7 Å². The normalized spacial score (nSPS) is 10.5. The topological polar surface area (TPSA) is 118 Å². The average molecular weight is 467 g/mol. The molecule has 0 spiro atoms. The first-order valence-corrected chi connectivity index (χ1v) is 9.76. The van der Waals surface area contributed by atoms with Crippen LogP contribution >= 0.6 is 23.2 Å². The van der Waals surface area contributed by atoms with Gasteiger partial charge in [0.1, 0.15) is 0 Å². The smallest absolute Gasteiger partial charge is 0.329 e. The van der Waals surface area contributed by atoms with E-state index in [2.05, 4.69) is 21.2 Å². The number of rotatable bonds is 8. The Morgan fingerprint density at radius 3 is 2.52 bits per heavy atom. The highest BCUT2D eigenvalue weighted by molar-refractivity contribution is 6.36. The first kappa shape index (κ1) is 24.0. The number of hydrogen-bond donors (Lipinski definition) is 3. The van der Waals surface area contributed by atoms with E-state index in [0.29, 0.717) is 39.3 Å². The summed E-state index contributed by atoms with van der Waals surface area (Å²) in [6, 6.07) is 9.50. The van der Waals surface area contributed by atoms with Crippen LogP contribution in [-0.2, 0) is 14.4 Å². The molecular formula is C20H20Cl2N4O5. The summed E-state index contributed by atoms with van der Waals surface area (Å²) in [7, 11) is 1.44. The van der Waals surface area contributed by atoms with Gasteiger partial charge in [-0.1, -0.05) is 23.2 Å². The summed E-state index contributed by atoms with van der Waals surface area (Å²) in [6.07, 6.45) is 1.33. The van der Waals surface area contributed by atoms with Gasteiger partial charge < -0.3 is 20.1 Å². The summed E-state index contributed by atoms with van der Waals surface area (Å²) in [5.41, 5.74) is 3.09. The Labute approximate surface area is 188 Å². The lowest BCUT2D eigenvalue weighted by Gasteiger charge is -2.12. The fraction of sp³-hybridized carbons (Fsp3) is 0.200. The minimum Gasteiger partial charge on any atom is -0.493 e. The molecule has 0 fully saturated rings. The van der Waals surface area contributed by atoms with Crippen LogP contribution in [0.3, 0.4) is 0 Å². The van der Waals surface area contributed by atoms with Crippen LogP contribution in [0.5, 0.6) is 11.5 Å². The highest BCUT2D eigenvalue weighted by Crippen LogP contribution is 2.28. The maximum absolute atomic E-state index is 12.1. The lowest BCUT2D eigenvalue weighted by atomic mass is 10.2. The van der Waals surface area contributed by atoms with E-state index < -0.39 is 17.7 Å². The number of likely N-dealkylation sites (N-methyl/N-ethyl adjacent to an activating group) is 1. The molecule has 0 unspecified atom stereocenters. The third kappa shape index (κ3) is 7.47. The molecule has 0 saturated carbocycles. The summed E-state index contributed by atoms with van der Waals surface area (Å²) in [5, 5.41) is 9.46. The second-order valence-electron chi connectivity index (χ2n) is 5.93. The van der Waals surface area contributed by atoms with Gasteiger partial charge in [-0.15, -0.1) is 0 Å². The molecule has 2 rings (SSSR count). The summed E-state index contributed by atoms with van der Waals surface area (Å²) in [4.78, 5) is 34.9. The third-order valence-electron chi connectivity index (χ3n) is 3.67. The molecule has 2 aromatic rings. The van der Waals surface area contributed by atoms with Crippen molar-refractivity contribution < 1.29 is 23.9 Å². The van der Waals surface area contributed by atoms with Gasteiger partial charge in [-0.25, -0.2) is 5.43 Å². The summed E-state index contributed by atoms with van der Waals surface area (Å²) in [5.74, 6) is -1.42. The maximum atomic E-state index is 12.1. The van der Waals surface area contributed by atoms with Crippen molar-refractivity contribution in [3.8, 4) is 11.5 Å². The van der Waals surface area contributed by atoms with Crippen molar-refractivity contribution in [1.29, 1.82) is 0 Å². The number of benzene rings is 2. The Bertz CT molecular complexity index is 998. The Balaban J connectivity index is 1.95. The molecule has 2 aromatic carbocycles. The van der Waals surface area contributed by atoms with Gasteiger partial charge >= 0.3 is 11.8 Å². The second kappa shape index (κ2) is 11.8. The predicted octanol–water partition coefficient (Wildman–Crippen LogP) is 2.61. The van der Waals surface area contributed by atoms with Gasteiger partial charge in [0, 0.05) is 11.6 Å². The van der Waals surface area contributed by atoms with Gasteiger partial charge in [0.15, 0.2) is 18.1 Å². The largest absolute Gasteiger partial charge is 0.493 e. The fourth-order valence-corrected chi connectivity index (χ4v) is 2.72. The van der Waals surface area contributed by atoms with Crippen LogP contribution in [0.15, 0.2) is 41.5 Å². The average Bonchev–Trinajstić information content (AvgIpc) is 2.74. The molecular weight excluding hydrogens is 447 g/mol. The van der Waals surface area contributed by atoms with Gasteiger partial charge in [0.25, 0.3) is 5.91 Å². The molecule has 0 aliphatic carbocycles. The number of halogens is 2. The second-order valence-corrected chi connectivity index (χ2v) is 6.77. The molecule has 9 nitrogen and oxygen atoms in total. The van der Waals surface area contributed by atoms with Crippen molar-refractivity contribution in [1.82, 2.24) is 10.7 Å². The zero-order chi connectivity index (χ0) is 22.8. The van der Waals surface area contributed by atoms with Gasteiger partial charge in [0.2, 0.25) is 0 Å². The Morgan fingerprint density at radius 1 is 1.06 bits per heavy atom. The van der Waals surface area contributed by atoms with E-state index in [9.17, 15) is 14.4 Å². The predicted molar refractivity (Wildman–Crippen MR) is 118 cm³/mol. The van der Waals surface area contributed by atoms with Crippen LogP contribution in [0, 0.1) is 0 Å². The van der Waals surface area contributed by atoms with Gasteiger partial charge in [-0.3, -0.25) is 14.4 Å². The van der Waals surface area contributed by atoms with Crippen LogP contribution in [0.25, 0.3) is 0 Å². The quantitative estimate of drug-likeness (QED) is 0.314. The number of hydrazone groups is 1. The van der Waals surface area contributed by atoms with E-state index in [-0.39, 0.29) is 6.61 Å². The molecule has 0 radical (unpaired) electrons. The molecule has 0 saturated heterocycles. The zero-order valence-electron chi connectivity index (χ0n) is 16.7. The number of carbonyl (C=O) groups is 3. The van der Waals surface area contributed by atoms with Crippen molar-refractivity contribution in [2.24, 2.45) is 5.10 Å². The van der Waals surface area contributed by atoms with Crippen LogP contribution in [-0.4, -0.2) is 44.2 Å². The number of ether oxygens (including phenoxy) is 2. The molecule has 0 heterocycles. The molecule has 0 aliphatic heterocycles. The van der Waals surface area contributed by atoms with Crippen molar-refractivity contribution in [3.63, 3.8) is 0 Å². The molecule has 31 heavy (non-hydrogen) atoms. The van der Waals surface area contributed by atoms with Crippen LogP contribution < -0.4 is 25.5 Å². The molecule has 0 bridgehead atoms. The Morgan fingerprint density at radius 2 is 1.84 bits per heavy atom. The standard InChI is InChI=1S/C20H20Cl2N4O5/c1-3-23-19(28)20(29)26-24-10-12-4-7-16(17(8-12)30-2)31-11-18(27)25-15-6-5-13(21)9-14(15)22/h4-10H,3,11H2,1-2H3,(H,23,28)(H,25,27)(H,26,29)/b24-10-. The first-order chi connectivity index (χ1) is 14.8. The molecule has 0 aliphatic rings. The maximum Gasteiger partial charge on any atom is 0.329 e. The number of nitrogens with zero attached hydrogens (tertiary/aromatic N) is 1. The van der Waals surface area contributed by atoms with E-state index in [1.807, 2.05) is 0 Å². The van der Waals surface area contributed by atoms with Gasteiger partial charge in [-0.05, 0) is 48.9 Å². The SMILES string of the molecule is CCNC(=O)C(=O)N/N=C\c1ccc(OCC(=O)Nc2ccc(Cl)cc2Cl)c(OC)c1. The lowest BCUT2D eigenvalue weighted by Crippen LogP contribution is -2.37. The molecule has 0 atom stereocenters. The van der Waals surface area contributed by atoms with Crippen molar-refractivity contribution in [2.75, 3.05) is 25.6 Å². The summed E-state index contributed by atoms with van der Waals surface area (Å²) >= 11 is 11.9. The van der Waals surface area contributed by atoms with E-state index in [1.165, 1.54) is 19.4 Å². The van der Waals surface area contributed by atoms with E-state index >= 15 is 0 Å².